The van der Waals surface area contributed by atoms with Crippen LogP contribution in [0.15, 0.2) is 34.9 Å². The van der Waals surface area contributed by atoms with Crippen molar-refractivity contribution in [2.24, 2.45) is 0 Å². The monoisotopic (exact) mass is 335 g/mol. The summed E-state index contributed by atoms with van der Waals surface area (Å²) in [7, 11) is 0. The second kappa shape index (κ2) is 7.28. The molecule has 0 fully saturated rings. The van der Waals surface area contributed by atoms with Gasteiger partial charge in [-0.15, -0.1) is 0 Å². The van der Waals surface area contributed by atoms with Gasteiger partial charge in [-0.2, -0.15) is 0 Å². The lowest BCUT2D eigenvalue weighted by atomic mass is 10.1. The molecule has 0 saturated carbocycles. The first kappa shape index (κ1) is 17.0. The first-order valence-corrected chi connectivity index (χ1v) is 7.54. The highest BCUT2D eigenvalue weighted by atomic mass is 35.5. The molecule has 6 nitrogen and oxygen atoms in total. The highest BCUT2D eigenvalue weighted by Gasteiger charge is 2.22. The Balaban J connectivity index is 2.09. The van der Waals surface area contributed by atoms with Gasteiger partial charge in [0, 0.05) is 22.7 Å². The zero-order chi connectivity index (χ0) is 17.0. The second-order valence-electron chi connectivity index (χ2n) is 5.41. The molecule has 23 heavy (non-hydrogen) atoms. The number of aromatic nitrogens is 1. The van der Waals surface area contributed by atoms with Crippen LogP contribution in [0, 0.1) is 6.92 Å². The lowest BCUT2D eigenvalue weighted by molar-refractivity contribution is -0.117. The summed E-state index contributed by atoms with van der Waals surface area (Å²) in [4.78, 5) is 26.2. The molecule has 2 aromatic rings. The standard InChI is InChI=1S/C16H18ClN3O3/c1-10(2)20(16(22)12-5-4-6-13(17)8-12)9-15(21)18-14-7-11(3)23-19-14/h4-8,10H,9H2,1-3H3,(H,18,19,21). The number of nitrogens with one attached hydrogen (secondary N) is 1. The minimum absolute atomic E-state index is 0.0884. The number of rotatable bonds is 5. The van der Waals surface area contributed by atoms with Crippen LogP contribution < -0.4 is 5.32 Å². The first-order valence-electron chi connectivity index (χ1n) is 7.16. The summed E-state index contributed by atoms with van der Waals surface area (Å²) in [5, 5.41) is 6.77. The average Bonchev–Trinajstić information content (AvgIpc) is 2.89. The number of aryl methyl sites for hydroxylation is 1. The topological polar surface area (TPSA) is 75.4 Å². The maximum absolute atomic E-state index is 12.6. The van der Waals surface area contributed by atoms with Gasteiger partial charge in [-0.1, -0.05) is 22.8 Å². The Morgan fingerprint density at radius 2 is 2.09 bits per heavy atom. The molecule has 0 atom stereocenters. The van der Waals surface area contributed by atoms with Gasteiger partial charge in [0.25, 0.3) is 5.91 Å². The lowest BCUT2D eigenvalue weighted by Crippen LogP contribution is -2.42. The fourth-order valence-corrected chi connectivity index (χ4v) is 2.23. The van der Waals surface area contributed by atoms with Gasteiger partial charge in [-0.05, 0) is 39.0 Å². The van der Waals surface area contributed by atoms with Gasteiger partial charge in [0.2, 0.25) is 5.91 Å². The molecule has 2 amide bonds. The summed E-state index contributed by atoms with van der Waals surface area (Å²) in [5.74, 6) is 0.318. The molecule has 0 saturated heterocycles. The second-order valence-corrected chi connectivity index (χ2v) is 5.84. The van der Waals surface area contributed by atoms with Gasteiger partial charge >= 0.3 is 0 Å². The number of hydrogen-bond donors (Lipinski definition) is 1. The molecule has 0 spiro atoms. The van der Waals surface area contributed by atoms with Crippen LogP contribution in [0.3, 0.4) is 0 Å². The number of amides is 2. The van der Waals surface area contributed by atoms with Gasteiger partial charge in [0.1, 0.15) is 12.3 Å². The Morgan fingerprint density at radius 3 is 2.65 bits per heavy atom. The van der Waals surface area contributed by atoms with E-state index in [0.29, 0.717) is 22.2 Å². The van der Waals surface area contributed by atoms with Crippen LogP contribution in [0.5, 0.6) is 0 Å². The van der Waals surface area contributed by atoms with Crippen molar-refractivity contribution in [3.63, 3.8) is 0 Å². The van der Waals surface area contributed by atoms with Gasteiger partial charge in [0.05, 0.1) is 0 Å². The molecule has 7 heteroatoms. The summed E-state index contributed by atoms with van der Waals surface area (Å²) in [6.07, 6.45) is 0. The minimum Gasteiger partial charge on any atom is -0.360 e. The maximum Gasteiger partial charge on any atom is 0.254 e. The van der Waals surface area contributed by atoms with E-state index in [1.165, 1.54) is 4.90 Å². The number of hydrogen-bond acceptors (Lipinski definition) is 4. The SMILES string of the molecule is Cc1cc(NC(=O)CN(C(=O)c2cccc(Cl)c2)C(C)C)no1. The summed E-state index contributed by atoms with van der Waals surface area (Å²) in [6.45, 7) is 5.33. The van der Waals surface area contributed by atoms with Crippen molar-refractivity contribution >= 4 is 29.2 Å². The maximum atomic E-state index is 12.6. The number of anilines is 1. The Kier molecular flexibility index (Phi) is 5.39. The third kappa shape index (κ3) is 4.56. The largest absolute Gasteiger partial charge is 0.360 e. The fraction of sp³-hybridized carbons (Fsp3) is 0.312. The summed E-state index contributed by atoms with van der Waals surface area (Å²) in [6, 6.07) is 8.10. The minimum atomic E-state index is -0.345. The molecule has 0 aliphatic carbocycles. The van der Waals surface area contributed by atoms with Gasteiger partial charge in [0.15, 0.2) is 5.82 Å². The first-order chi connectivity index (χ1) is 10.9. The van der Waals surface area contributed by atoms with E-state index in [1.807, 2.05) is 13.8 Å². The number of carbonyl (C=O) groups excluding carboxylic acids is 2. The van der Waals surface area contributed by atoms with E-state index >= 15 is 0 Å². The number of benzene rings is 1. The predicted molar refractivity (Wildman–Crippen MR) is 87.5 cm³/mol. The van der Waals surface area contributed by atoms with Crippen LogP contribution in [0.1, 0.15) is 30.0 Å². The predicted octanol–water partition coefficient (Wildman–Crippen LogP) is 3.13. The van der Waals surface area contributed by atoms with E-state index in [4.69, 9.17) is 16.1 Å². The molecule has 0 bridgehead atoms. The molecule has 1 heterocycles. The Bertz CT molecular complexity index is 712. The van der Waals surface area contributed by atoms with E-state index in [-0.39, 0.29) is 24.4 Å². The fourth-order valence-electron chi connectivity index (χ4n) is 2.04. The molecule has 0 unspecified atom stereocenters. The molecule has 2 rings (SSSR count). The van der Waals surface area contributed by atoms with E-state index in [2.05, 4.69) is 10.5 Å². The van der Waals surface area contributed by atoms with E-state index in [1.54, 1.807) is 37.3 Å². The van der Waals surface area contributed by atoms with Crippen molar-refractivity contribution in [3.8, 4) is 0 Å². The highest BCUT2D eigenvalue weighted by molar-refractivity contribution is 6.31. The number of halogens is 1. The molecule has 1 aromatic carbocycles. The van der Waals surface area contributed by atoms with Crippen LogP contribution in [-0.2, 0) is 4.79 Å². The number of carbonyl (C=O) groups is 2. The highest BCUT2D eigenvalue weighted by Crippen LogP contribution is 2.15. The van der Waals surface area contributed by atoms with E-state index in [9.17, 15) is 9.59 Å². The average molecular weight is 336 g/mol. The Morgan fingerprint density at radius 1 is 1.35 bits per heavy atom. The van der Waals surface area contributed by atoms with Crippen molar-refractivity contribution in [2.45, 2.75) is 26.8 Å². The summed E-state index contributed by atoms with van der Waals surface area (Å²) < 4.78 is 4.89. The van der Waals surface area contributed by atoms with E-state index in [0.717, 1.165) is 0 Å². The zero-order valence-electron chi connectivity index (χ0n) is 13.2. The van der Waals surface area contributed by atoms with Gasteiger partial charge < -0.3 is 14.7 Å². The molecule has 0 radical (unpaired) electrons. The Labute approximate surface area is 139 Å². The molecule has 1 N–H and O–H groups in total. The normalized spacial score (nSPS) is 10.7. The van der Waals surface area contributed by atoms with Crippen molar-refractivity contribution < 1.29 is 14.1 Å². The van der Waals surface area contributed by atoms with Crippen molar-refractivity contribution in [1.29, 1.82) is 0 Å². The van der Waals surface area contributed by atoms with Gasteiger partial charge in [-0.25, -0.2) is 0 Å². The van der Waals surface area contributed by atoms with Crippen LogP contribution >= 0.6 is 11.6 Å². The smallest absolute Gasteiger partial charge is 0.254 e. The van der Waals surface area contributed by atoms with Crippen LogP contribution in [-0.4, -0.2) is 34.5 Å². The quantitative estimate of drug-likeness (QED) is 0.910. The van der Waals surface area contributed by atoms with Crippen LogP contribution in [0.25, 0.3) is 0 Å². The summed E-state index contributed by atoms with van der Waals surface area (Å²) >= 11 is 5.92. The molecule has 1 aromatic heterocycles. The van der Waals surface area contributed by atoms with Crippen molar-refractivity contribution in [3.05, 3.63) is 46.7 Å². The van der Waals surface area contributed by atoms with Gasteiger partial charge in [-0.3, -0.25) is 9.59 Å². The Hall–Kier alpha value is -2.34. The molecular formula is C16H18ClN3O3. The molecule has 122 valence electrons. The molecular weight excluding hydrogens is 318 g/mol. The van der Waals surface area contributed by atoms with E-state index < -0.39 is 0 Å². The van der Waals surface area contributed by atoms with Crippen LogP contribution in [0.2, 0.25) is 5.02 Å². The van der Waals surface area contributed by atoms with Crippen molar-refractivity contribution in [1.82, 2.24) is 10.1 Å². The third-order valence-electron chi connectivity index (χ3n) is 3.17. The molecule has 0 aliphatic heterocycles. The molecule has 0 aliphatic rings. The lowest BCUT2D eigenvalue weighted by Gasteiger charge is -2.26. The zero-order valence-corrected chi connectivity index (χ0v) is 13.9. The summed E-state index contributed by atoms with van der Waals surface area (Å²) in [5.41, 5.74) is 0.441. The van der Waals surface area contributed by atoms with Crippen LogP contribution in [0.4, 0.5) is 5.82 Å². The van der Waals surface area contributed by atoms with Crippen molar-refractivity contribution in [2.75, 3.05) is 11.9 Å². The third-order valence-corrected chi connectivity index (χ3v) is 3.40. The number of nitrogens with zero attached hydrogens (tertiary/aromatic N) is 2.